The van der Waals surface area contributed by atoms with E-state index in [1.165, 1.54) is 5.56 Å². The van der Waals surface area contributed by atoms with Gasteiger partial charge in [0.1, 0.15) is 6.10 Å². The zero-order chi connectivity index (χ0) is 15.7. The van der Waals surface area contributed by atoms with Crippen LogP contribution in [0.4, 0.5) is 0 Å². The topological polar surface area (TPSA) is 9.23 Å². The van der Waals surface area contributed by atoms with Crippen LogP contribution in [0.15, 0.2) is 58.3 Å². The average molecular weight is 363 g/mol. The Kier molecular flexibility index (Phi) is 4.79. The maximum absolute atomic E-state index is 6.69. The molecule has 1 aromatic carbocycles. The Labute approximate surface area is 137 Å². The van der Waals surface area contributed by atoms with Gasteiger partial charge in [0.15, 0.2) is 8.32 Å². The Hall–Kier alpha value is -0.863. The Morgan fingerprint density at radius 3 is 2.38 bits per heavy atom. The zero-order valence-electron chi connectivity index (χ0n) is 13.4. The molecule has 0 spiro atoms. The Morgan fingerprint density at radius 1 is 1.19 bits per heavy atom. The highest BCUT2D eigenvalue weighted by Gasteiger charge is 2.40. The minimum absolute atomic E-state index is 0.0588. The van der Waals surface area contributed by atoms with Gasteiger partial charge in [-0.05, 0) is 41.9 Å². The molecule has 1 aromatic rings. The van der Waals surface area contributed by atoms with Crippen molar-refractivity contribution >= 4 is 24.2 Å². The van der Waals surface area contributed by atoms with E-state index in [4.69, 9.17) is 4.43 Å². The first-order valence-electron chi connectivity index (χ1n) is 7.28. The van der Waals surface area contributed by atoms with E-state index in [0.29, 0.717) is 0 Å². The monoisotopic (exact) mass is 362 g/mol. The second kappa shape index (κ2) is 6.10. The van der Waals surface area contributed by atoms with Gasteiger partial charge in [-0.15, -0.1) is 5.73 Å². The third-order valence-corrected chi connectivity index (χ3v) is 9.47. The standard InChI is InChI=1S/C18H23BrOSi/c1-18(2,3)21(4,5)20-17(14-10-6-7-11-14)15-12-8-9-13-16(15)19/h6-10,12-13,17H,1-5H3. The first kappa shape index (κ1) is 16.5. The smallest absolute Gasteiger partial charge is 0.193 e. The van der Waals surface area contributed by atoms with Gasteiger partial charge in [0.05, 0.1) is 0 Å². The van der Waals surface area contributed by atoms with Crippen LogP contribution < -0.4 is 0 Å². The summed E-state index contributed by atoms with van der Waals surface area (Å²) in [6, 6.07) is 8.29. The van der Waals surface area contributed by atoms with Gasteiger partial charge in [-0.1, -0.05) is 61.0 Å². The van der Waals surface area contributed by atoms with E-state index in [1.54, 1.807) is 0 Å². The highest BCUT2D eigenvalue weighted by Crippen LogP contribution is 2.43. The van der Waals surface area contributed by atoms with Gasteiger partial charge in [-0.2, -0.15) is 0 Å². The summed E-state index contributed by atoms with van der Waals surface area (Å²) in [6.45, 7) is 11.4. The van der Waals surface area contributed by atoms with Gasteiger partial charge in [-0.25, -0.2) is 0 Å². The van der Waals surface area contributed by atoms with Crippen molar-refractivity contribution in [2.45, 2.75) is 45.0 Å². The van der Waals surface area contributed by atoms with Gasteiger partial charge < -0.3 is 4.43 Å². The fraction of sp³-hybridized carbons (Fsp3) is 0.389. The summed E-state index contributed by atoms with van der Waals surface area (Å²) >= 11 is 3.66. The second-order valence-corrected chi connectivity index (χ2v) is 12.5. The van der Waals surface area contributed by atoms with Gasteiger partial charge >= 0.3 is 0 Å². The fourth-order valence-corrected chi connectivity index (χ4v) is 3.65. The average Bonchev–Trinajstić information content (AvgIpc) is 2.89. The largest absolute Gasteiger partial charge is 0.405 e. The van der Waals surface area contributed by atoms with Crippen molar-refractivity contribution in [2.75, 3.05) is 0 Å². The summed E-state index contributed by atoms with van der Waals surface area (Å²) in [5.41, 5.74) is 5.59. The van der Waals surface area contributed by atoms with Crippen molar-refractivity contribution in [2.24, 2.45) is 0 Å². The minimum Gasteiger partial charge on any atom is -0.405 e. The van der Waals surface area contributed by atoms with Crippen LogP contribution in [0.3, 0.4) is 0 Å². The predicted molar refractivity (Wildman–Crippen MR) is 95.9 cm³/mol. The summed E-state index contributed by atoms with van der Waals surface area (Å²) in [6.07, 6.45) is 6.01. The SMILES string of the molecule is CC(C)(C)[Si](C)(C)OC(C1=C=CC=C1)c1ccccc1Br. The van der Waals surface area contributed by atoms with Gasteiger partial charge in [0.2, 0.25) is 0 Å². The van der Waals surface area contributed by atoms with Gasteiger partial charge in [0.25, 0.3) is 0 Å². The van der Waals surface area contributed by atoms with Crippen LogP contribution in [0.1, 0.15) is 32.4 Å². The number of allylic oxidation sites excluding steroid dienone is 1. The molecule has 0 fully saturated rings. The third-order valence-electron chi connectivity index (χ3n) is 4.31. The molecule has 1 atom stereocenters. The maximum atomic E-state index is 6.69. The van der Waals surface area contributed by atoms with Crippen molar-refractivity contribution in [3.63, 3.8) is 0 Å². The number of halogens is 1. The lowest BCUT2D eigenvalue weighted by Crippen LogP contribution is -2.42. The fourth-order valence-electron chi connectivity index (χ4n) is 1.96. The molecule has 0 N–H and O–H groups in total. The molecule has 1 aliphatic carbocycles. The highest BCUT2D eigenvalue weighted by molar-refractivity contribution is 9.10. The van der Waals surface area contributed by atoms with Crippen LogP contribution in [0.25, 0.3) is 0 Å². The normalized spacial score (nSPS) is 16.2. The number of hydrogen-bond acceptors (Lipinski definition) is 1. The molecule has 0 radical (unpaired) electrons. The van der Waals surface area contributed by atoms with E-state index in [0.717, 1.165) is 10.0 Å². The summed E-state index contributed by atoms with van der Waals surface area (Å²) in [7, 11) is -1.87. The van der Waals surface area contributed by atoms with Crippen LogP contribution in [-0.2, 0) is 4.43 Å². The van der Waals surface area contributed by atoms with Gasteiger partial charge in [-0.3, -0.25) is 0 Å². The molecule has 3 heteroatoms. The highest BCUT2D eigenvalue weighted by atomic mass is 79.9. The van der Waals surface area contributed by atoms with Crippen molar-refractivity contribution < 1.29 is 4.43 Å². The summed E-state index contributed by atoms with van der Waals surface area (Å²) in [5, 5.41) is 0.180. The van der Waals surface area contributed by atoms with E-state index in [1.807, 2.05) is 18.2 Å². The molecule has 21 heavy (non-hydrogen) atoms. The Morgan fingerprint density at radius 2 is 1.86 bits per heavy atom. The first-order chi connectivity index (χ1) is 9.72. The predicted octanol–water partition coefficient (Wildman–Crippen LogP) is 6.16. The van der Waals surface area contributed by atoms with Crippen molar-refractivity contribution in [3.8, 4) is 0 Å². The second-order valence-electron chi connectivity index (χ2n) is 6.91. The summed E-state index contributed by atoms with van der Waals surface area (Å²) in [5.74, 6) is 0. The molecule has 0 aliphatic heterocycles. The molecule has 1 nitrogen and oxygen atoms in total. The molecule has 0 saturated carbocycles. The lowest BCUT2D eigenvalue weighted by Gasteiger charge is -2.39. The first-order valence-corrected chi connectivity index (χ1v) is 11.0. The Bertz CT molecular complexity index is 616. The van der Waals surface area contributed by atoms with E-state index in [-0.39, 0.29) is 11.1 Å². The summed E-state index contributed by atoms with van der Waals surface area (Å²) in [4.78, 5) is 0. The lowest BCUT2D eigenvalue weighted by atomic mass is 10.0. The number of hydrogen-bond donors (Lipinski definition) is 0. The summed E-state index contributed by atoms with van der Waals surface area (Å²) < 4.78 is 7.78. The van der Waals surface area contributed by atoms with Crippen LogP contribution in [0.2, 0.25) is 18.1 Å². The molecule has 0 bridgehead atoms. The lowest BCUT2D eigenvalue weighted by molar-refractivity contribution is 0.221. The molecule has 0 aromatic heterocycles. The maximum Gasteiger partial charge on any atom is 0.193 e. The molecule has 0 heterocycles. The van der Waals surface area contributed by atoms with Gasteiger partial charge in [0, 0.05) is 10.0 Å². The molecule has 0 amide bonds. The molecule has 2 rings (SSSR count). The van der Waals surface area contributed by atoms with Crippen LogP contribution >= 0.6 is 15.9 Å². The number of rotatable bonds is 4. The molecular formula is C18H23BrOSi. The Balaban J connectivity index is 2.42. The molecule has 112 valence electrons. The van der Waals surface area contributed by atoms with Crippen molar-refractivity contribution in [3.05, 3.63) is 63.8 Å². The van der Waals surface area contributed by atoms with E-state index < -0.39 is 8.32 Å². The van der Waals surface area contributed by atoms with Crippen molar-refractivity contribution in [1.29, 1.82) is 0 Å². The molecule has 1 unspecified atom stereocenters. The molecule has 1 aliphatic rings. The van der Waals surface area contributed by atoms with E-state index in [9.17, 15) is 0 Å². The molecule has 0 saturated heterocycles. The third kappa shape index (κ3) is 3.67. The van der Waals surface area contributed by atoms with Crippen molar-refractivity contribution in [1.82, 2.24) is 0 Å². The van der Waals surface area contributed by atoms with Crippen LogP contribution in [0.5, 0.6) is 0 Å². The zero-order valence-corrected chi connectivity index (χ0v) is 16.0. The van der Waals surface area contributed by atoms with Crippen LogP contribution in [-0.4, -0.2) is 8.32 Å². The number of benzene rings is 1. The molecular weight excluding hydrogens is 340 g/mol. The van der Waals surface area contributed by atoms with E-state index >= 15 is 0 Å². The minimum atomic E-state index is -1.87. The van der Waals surface area contributed by atoms with Crippen LogP contribution in [0, 0.1) is 0 Å². The van der Waals surface area contributed by atoms with E-state index in [2.05, 4.69) is 79.8 Å². The quantitative estimate of drug-likeness (QED) is 0.460.